The summed E-state index contributed by atoms with van der Waals surface area (Å²) in [7, 11) is 0. The van der Waals surface area contributed by atoms with Gasteiger partial charge in [-0.25, -0.2) is 0 Å². The summed E-state index contributed by atoms with van der Waals surface area (Å²) in [4.78, 5) is 4.36. The molecule has 0 aliphatic heterocycles. The van der Waals surface area contributed by atoms with Gasteiger partial charge in [0.15, 0.2) is 0 Å². The number of aromatic nitrogens is 1. The Labute approximate surface area is 117 Å². The third kappa shape index (κ3) is 2.67. The van der Waals surface area contributed by atoms with Gasteiger partial charge in [0.1, 0.15) is 0 Å². The fourth-order valence-electron chi connectivity index (χ4n) is 2.02. The van der Waals surface area contributed by atoms with Gasteiger partial charge >= 0.3 is 0 Å². The van der Waals surface area contributed by atoms with Gasteiger partial charge in [0.05, 0.1) is 5.52 Å². The van der Waals surface area contributed by atoms with Crippen LogP contribution in [-0.4, -0.2) is 4.98 Å². The lowest BCUT2D eigenvalue weighted by Gasteiger charge is -2.01. The minimum absolute atomic E-state index is 0.756. The molecule has 1 heterocycles. The molecule has 1 nitrogen and oxygen atoms in total. The second-order valence-corrected chi connectivity index (χ2v) is 4.74. The highest BCUT2D eigenvalue weighted by atomic mass is 35.5. The zero-order valence-electron chi connectivity index (χ0n) is 10.3. The molecule has 0 N–H and O–H groups in total. The van der Waals surface area contributed by atoms with E-state index in [9.17, 15) is 0 Å². The third-order valence-corrected chi connectivity index (χ3v) is 3.26. The summed E-state index contributed by atoms with van der Waals surface area (Å²) < 4.78 is 0. The fourth-order valence-corrected chi connectivity index (χ4v) is 2.15. The van der Waals surface area contributed by atoms with E-state index in [1.807, 2.05) is 54.7 Å². The Kier molecular flexibility index (Phi) is 3.30. The molecule has 92 valence electrons. The van der Waals surface area contributed by atoms with Crippen molar-refractivity contribution >= 4 is 34.7 Å². The first-order chi connectivity index (χ1) is 9.33. The van der Waals surface area contributed by atoms with Crippen molar-refractivity contribution < 1.29 is 0 Å². The minimum Gasteiger partial charge on any atom is -0.256 e. The van der Waals surface area contributed by atoms with Gasteiger partial charge in [-0.05, 0) is 35.4 Å². The predicted octanol–water partition coefficient (Wildman–Crippen LogP) is 5.06. The van der Waals surface area contributed by atoms with E-state index in [2.05, 4.69) is 23.2 Å². The molecule has 0 saturated heterocycles. The van der Waals surface area contributed by atoms with Gasteiger partial charge in [0, 0.05) is 16.6 Å². The average Bonchev–Trinajstić information content (AvgIpc) is 2.47. The van der Waals surface area contributed by atoms with E-state index in [4.69, 9.17) is 11.6 Å². The molecule has 2 heteroatoms. The number of pyridine rings is 1. The molecule has 3 aromatic rings. The van der Waals surface area contributed by atoms with Crippen molar-refractivity contribution in [1.29, 1.82) is 0 Å². The van der Waals surface area contributed by atoms with Gasteiger partial charge in [0.2, 0.25) is 0 Å². The summed E-state index contributed by atoms with van der Waals surface area (Å²) in [6.45, 7) is 0. The molecule has 0 atom stereocenters. The second kappa shape index (κ2) is 5.25. The van der Waals surface area contributed by atoms with Crippen molar-refractivity contribution in [2.45, 2.75) is 0 Å². The number of rotatable bonds is 2. The van der Waals surface area contributed by atoms with Crippen LogP contribution in [0.2, 0.25) is 5.02 Å². The van der Waals surface area contributed by atoms with Gasteiger partial charge in [-0.3, -0.25) is 4.98 Å². The number of halogens is 1. The standard InChI is InChI=1S/C17H12ClN/c18-15-9-6-13(7-10-15)5-8-14-11-12-19-17-4-2-1-3-16(14)17/h1-12H/b8-5-. The maximum Gasteiger partial charge on any atom is 0.0707 e. The Morgan fingerprint density at radius 3 is 2.47 bits per heavy atom. The topological polar surface area (TPSA) is 12.9 Å². The van der Waals surface area contributed by atoms with Crippen LogP contribution in [0.5, 0.6) is 0 Å². The number of para-hydroxylation sites is 1. The molecule has 0 amide bonds. The lowest BCUT2D eigenvalue weighted by Crippen LogP contribution is -1.81. The summed E-state index contributed by atoms with van der Waals surface area (Å²) in [5, 5.41) is 1.92. The second-order valence-electron chi connectivity index (χ2n) is 4.30. The molecule has 1 aromatic heterocycles. The van der Waals surface area contributed by atoms with Crippen molar-refractivity contribution in [2.75, 3.05) is 0 Å². The van der Waals surface area contributed by atoms with Gasteiger partial charge in [-0.15, -0.1) is 0 Å². The molecular formula is C17H12ClN. The van der Waals surface area contributed by atoms with Crippen LogP contribution in [-0.2, 0) is 0 Å². The van der Waals surface area contributed by atoms with E-state index in [1.54, 1.807) is 0 Å². The van der Waals surface area contributed by atoms with E-state index in [-0.39, 0.29) is 0 Å². The lowest BCUT2D eigenvalue weighted by molar-refractivity contribution is 1.41. The summed E-state index contributed by atoms with van der Waals surface area (Å²) in [6.07, 6.45) is 6.02. The minimum atomic E-state index is 0.756. The van der Waals surface area contributed by atoms with E-state index >= 15 is 0 Å². The van der Waals surface area contributed by atoms with Crippen molar-refractivity contribution in [3.63, 3.8) is 0 Å². The summed E-state index contributed by atoms with van der Waals surface area (Å²) >= 11 is 5.87. The summed E-state index contributed by atoms with van der Waals surface area (Å²) in [5.74, 6) is 0. The van der Waals surface area contributed by atoms with Crippen LogP contribution in [0.15, 0.2) is 60.8 Å². The fraction of sp³-hybridized carbons (Fsp3) is 0. The van der Waals surface area contributed by atoms with Crippen LogP contribution in [0.25, 0.3) is 23.1 Å². The summed E-state index contributed by atoms with van der Waals surface area (Å²) in [6, 6.07) is 18.0. The van der Waals surface area contributed by atoms with Crippen molar-refractivity contribution in [3.8, 4) is 0 Å². The number of nitrogens with zero attached hydrogens (tertiary/aromatic N) is 1. The average molecular weight is 266 g/mol. The van der Waals surface area contributed by atoms with Crippen LogP contribution in [0.3, 0.4) is 0 Å². The Balaban J connectivity index is 1.99. The molecule has 0 bridgehead atoms. The Hall–Kier alpha value is -2.12. The van der Waals surface area contributed by atoms with Crippen LogP contribution in [0.1, 0.15) is 11.1 Å². The molecule has 0 spiro atoms. The largest absolute Gasteiger partial charge is 0.256 e. The van der Waals surface area contributed by atoms with Crippen LogP contribution >= 0.6 is 11.6 Å². The van der Waals surface area contributed by atoms with Crippen molar-refractivity contribution in [2.24, 2.45) is 0 Å². The summed E-state index contributed by atoms with van der Waals surface area (Å²) in [5.41, 5.74) is 3.31. The zero-order valence-corrected chi connectivity index (χ0v) is 11.0. The number of benzene rings is 2. The highest BCUT2D eigenvalue weighted by Crippen LogP contribution is 2.19. The van der Waals surface area contributed by atoms with Crippen molar-refractivity contribution in [1.82, 2.24) is 4.98 Å². The van der Waals surface area contributed by atoms with Crippen molar-refractivity contribution in [3.05, 3.63) is 76.9 Å². The first-order valence-electron chi connectivity index (χ1n) is 6.10. The zero-order chi connectivity index (χ0) is 13.1. The predicted molar refractivity (Wildman–Crippen MR) is 82.1 cm³/mol. The molecule has 2 aromatic carbocycles. The normalized spacial score (nSPS) is 11.2. The molecule has 0 fully saturated rings. The highest BCUT2D eigenvalue weighted by Gasteiger charge is 1.97. The van der Waals surface area contributed by atoms with E-state index in [0.717, 1.165) is 21.5 Å². The first-order valence-corrected chi connectivity index (χ1v) is 6.48. The Morgan fingerprint density at radius 2 is 1.63 bits per heavy atom. The maximum atomic E-state index is 5.87. The van der Waals surface area contributed by atoms with Gasteiger partial charge in [0.25, 0.3) is 0 Å². The molecule has 0 saturated carbocycles. The monoisotopic (exact) mass is 265 g/mol. The van der Waals surface area contributed by atoms with E-state index in [1.165, 1.54) is 5.56 Å². The molecule has 0 unspecified atom stereocenters. The van der Waals surface area contributed by atoms with E-state index in [0.29, 0.717) is 0 Å². The first kappa shape index (κ1) is 11.9. The maximum absolute atomic E-state index is 5.87. The number of hydrogen-bond acceptors (Lipinski definition) is 1. The van der Waals surface area contributed by atoms with Gasteiger partial charge in [-0.2, -0.15) is 0 Å². The molecule has 0 radical (unpaired) electrons. The quantitative estimate of drug-likeness (QED) is 0.631. The van der Waals surface area contributed by atoms with Gasteiger partial charge < -0.3 is 0 Å². The van der Waals surface area contributed by atoms with Gasteiger partial charge in [-0.1, -0.05) is 54.1 Å². The van der Waals surface area contributed by atoms with Crippen LogP contribution in [0, 0.1) is 0 Å². The SMILES string of the molecule is Clc1ccc(/C=C\c2ccnc3ccccc23)cc1. The van der Waals surface area contributed by atoms with E-state index < -0.39 is 0 Å². The molecule has 0 aliphatic rings. The molecule has 3 rings (SSSR count). The molecular weight excluding hydrogens is 254 g/mol. The molecule has 0 aliphatic carbocycles. The van der Waals surface area contributed by atoms with Crippen LogP contribution in [0.4, 0.5) is 0 Å². The lowest BCUT2D eigenvalue weighted by atomic mass is 10.1. The highest BCUT2D eigenvalue weighted by molar-refractivity contribution is 6.30. The smallest absolute Gasteiger partial charge is 0.0707 e. The van der Waals surface area contributed by atoms with Crippen LogP contribution < -0.4 is 0 Å². The Morgan fingerprint density at radius 1 is 0.842 bits per heavy atom. The Bertz CT molecular complexity index is 724. The third-order valence-electron chi connectivity index (χ3n) is 3.01. The number of hydrogen-bond donors (Lipinski definition) is 0. The number of fused-ring (bicyclic) bond motifs is 1. The molecule has 19 heavy (non-hydrogen) atoms.